The number of aryl methyl sites for hydroxylation is 1. The zero-order valence-corrected chi connectivity index (χ0v) is 22.3. The number of allylic oxidation sites excluding steroid dienone is 2. The number of nitrogens with zero attached hydrogens (tertiary/aromatic N) is 4. The van der Waals surface area contributed by atoms with E-state index >= 15 is 0 Å². The summed E-state index contributed by atoms with van der Waals surface area (Å²) in [6, 6.07) is 26.3. The van der Waals surface area contributed by atoms with Crippen LogP contribution in [-0.4, -0.2) is 20.5 Å². The van der Waals surface area contributed by atoms with Gasteiger partial charge < -0.3 is 4.90 Å². The predicted molar refractivity (Wildman–Crippen MR) is 153 cm³/mol. The van der Waals surface area contributed by atoms with Crippen LogP contribution in [0.4, 0.5) is 5.82 Å². The van der Waals surface area contributed by atoms with Gasteiger partial charge in [-0.1, -0.05) is 103 Å². The minimum absolute atomic E-state index is 0.265. The molecule has 0 spiro atoms. The highest BCUT2D eigenvalue weighted by Crippen LogP contribution is 2.48. The van der Waals surface area contributed by atoms with Gasteiger partial charge in [-0.25, -0.2) is 9.67 Å². The molecule has 184 valence electrons. The largest absolute Gasteiger partial charge is 0.318 e. The molecule has 0 unspecified atom stereocenters. The minimum atomic E-state index is -0.265. The van der Waals surface area contributed by atoms with Gasteiger partial charge in [-0.3, -0.25) is 0 Å². The third-order valence-electron chi connectivity index (χ3n) is 6.60. The molecule has 7 heteroatoms. The average Bonchev–Trinajstić information content (AvgIpc) is 3.29. The Hall–Kier alpha value is -3.31. The van der Waals surface area contributed by atoms with E-state index < -0.39 is 0 Å². The van der Waals surface area contributed by atoms with Gasteiger partial charge in [0, 0.05) is 16.8 Å². The Morgan fingerprint density at radius 1 is 0.865 bits per heavy atom. The van der Waals surface area contributed by atoms with E-state index in [2.05, 4.69) is 31.2 Å². The van der Waals surface area contributed by atoms with Crippen molar-refractivity contribution in [3.63, 3.8) is 0 Å². The SMILES string of the molecule is CCCc1ccc(-c2nn(-c3ccccc3)c3c2[C@@H](c2ccc(Cl)cc2)N2C=C(Cl)C=C(Cl)C2=N3)cc1. The second-order valence-electron chi connectivity index (χ2n) is 9.08. The Morgan fingerprint density at radius 3 is 2.30 bits per heavy atom. The molecular formula is C30H23Cl3N4. The summed E-state index contributed by atoms with van der Waals surface area (Å²) in [7, 11) is 0. The fourth-order valence-corrected chi connectivity index (χ4v) is 5.57. The van der Waals surface area contributed by atoms with Gasteiger partial charge in [0.25, 0.3) is 0 Å². The smallest absolute Gasteiger partial charge is 0.164 e. The van der Waals surface area contributed by atoms with Gasteiger partial charge in [-0.15, -0.1) is 0 Å². The molecule has 0 aliphatic carbocycles. The number of fused-ring (bicyclic) bond motifs is 2. The number of aromatic nitrogens is 2. The van der Waals surface area contributed by atoms with E-state index in [1.165, 1.54) is 5.56 Å². The molecule has 0 radical (unpaired) electrons. The van der Waals surface area contributed by atoms with Gasteiger partial charge in [0.15, 0.2) is 11.7 Å². The van der Waals surface area contributed by atoms with E-state index in [1.54, 1.807) is 6.08 Å². The Labute approximate surface area is 231 Å². The van der Waals surface area contributed by atoms with E-state index in [9.17, 15) is 0 Å². The van der Waals surface area contributed by atoms with Gasteiger partial charge in [-0.05, 0) is 47.9 Å². The van der Waals surface area contributed by atoms with Crippen LogP contribution in [0.5, 0.6) is 0 Å². The summed E-state index contributed by atoms with van der Waals surface area (Å²) in [4.78, 5) is 7.09. The lowest BCUT2D eigenvalue weighted by Gasteiger charge is -2.37. The number of para-hydroxylation sites is 1. The summed E-state index contributed by atoms with van der Waals surface area (Å²) in [5, 5.41) is 6.83. The van der Waals surface area contributed by atoms with Crippen molar-refractivity contribution in [3.05, 3.63) is 123 Å². The van der Waals surface area contributed by atoms with Crippen molar-refractivity contribution in [2.45, 2.75) is 25.8 Å². The second-order valence-corrected chi connectivity index (χ2v) is 10.4. The maximum absolute atomic E-state index is 6.71. The highest BCUT2D eigenvalue weighted by atomic mass is 35.5. The molecule has 2 aliphatic heterocycles. The van der Waals surface area contributed by atoms with Crippen LogP contribution in [0.25, 0.3) is 16.9 Å². The van der Waals surface area contributed by atoms with Crippen LogP contribution in [0.3, 0.4) is 0 Å². The average molecular weight is 546 g/mol. The maximum Gasteiger partial charge on any atom is 0.164 e. The molecule has 0 fully saturated rings. The third-order valence-corrected chi connectivity index (χ3v) is 7.33. The second kappa shape index (κ2) is 9.86. The van der Waals surface area contributed by atoms with Crippen molar-refractivity contribution < 1.29 is 0 Å². The number of benzene rings is 3. The summed E-state index contributed by atoms with van der Waals surface area (Å²) in [6.45, 7) is 2.19. The summed E-state index contributed by atoms with van der Waals surface area (Å²) >= 11 is 19.5. The van der Waals surface area contributed by atoms with Crippen LogP contribution >= 0.6 is 34.8 Å². The molecule has 4 nitrogen and oxygen atoms in total. The molecule has 0 bridgehead atoms. The summed E-state index contributed by atoms with van der Waals surface area (Å²) in [6.07, 6.45) is 5.74. The highest BCUT2D eigenvalue weighted by molar-refractivity contribution is 6.45. The van der Waals surface area contributed by atoms with Crippen LogP contribution in [-0.2, 0) is 6.42 Å². The fraction of sp³-hybridized carbons (Fsp3) is 0.133. The molecule has 6 rings (SSSR count). The highest BCUT2D eigenvalue weighted by Gasteiger charge is 2.39. The molecule has 37 heavy (non-hydrogen) atoms. The minimum Gasteiger partial charge on any atom is -0.318 e. The van der Waals surface area contributed by atoms with Crippen molar-refractivity contribution in [2.24, 2.45) is 4.99 Å². The van der Waals surface area contributed by atoms with Crippen molar-refractivity contribution in [3.8, 4) is 16.9 Å². The quantitative estimate of drug-likeness (QED) is 0.251. The third kappa shape index (κ3) is 4.40. The molecule has 3 heterocycles. The zero-order chi connectivity index (χ0) is 25.5. The Bertz CT molecular complexity index is 1550. The summed E-state index contributed by atoms with van der Waals surface area (Å²) in [5.74, 6) is 1.36. The van der Waals surface area contributed by atoms with Crippen molar-refractivity contribution >= 4 is 46.5 Å². The van der Waals surface area contributed by atoms with Crippen molar-refractivity contribution in [2.75, 3.05) is 0 Å². The predicted octanol–water partition coefficient (Wildman–Crippen LogP) is 8.80. The van der Waals surface area contributed by atoms with E-state index in [-0.39, 0.29) is 6.04 Å². The number of hydrogen-bond acceptors (Lipinski definition) is 3. The monoisotopic (exact) mass is 544 g/mol. The molecule has 4 aromatic rings. The molecule has 0 saturated carbocycles. The van der Waals surface area contributed by atoms with Crippen molar-refractivity contribution in [1.82, 2.24) is 14.7 Å². The summed E-state index contributed by atoms with van der Waals surface area (Å²) in [5.41, 5.74) is 6.12. The van der Waals surface area contributed by atoms with Crippen LogP contribution in [0.15, 0.2) is 106 Å². The van der Waals surface area contributed by atoms with Gasteiger partial charge in [0.2, 0.25) is 0 Å². The molecule has 0 N–H and O–H groups in total. The van der Waals surface area contributed by atoms with E-state index in [0.29, 0.717) is 20.9 Å². The molecule has 1 aromatic heterocycles. The van der Waals surface area contributed by atoms with Crippen LogP contribution in [0, 0.1) is 0 Å². The van der Waals surface area contributed by atoms with Crippen molar-refractivity contribution in [1.29, 1.82) is 0 Å². The Balaban J connectivity index is 1.64. The molecule has 2 aliphatic rings. The lowest BCUT2D eigenvalue weighted by Crippen LogP contribution is -2.35. The van der Waals surface area contributed by atoms with Gasteiger partial charge in [0.1, 0.15) is 5.69 Å². The number of amidine groups is 1. The standard InChI is InChI=1S/C30H23Cl3N4/c1-2-6-19-9-11-20(12-10-19)27-26-28(21-13-15-22(31)16-14-21)36-18-23(32)17-25(33)29(36)34-30(26)37(35-27)24-7-4-3-5-8-24/h3-5,7-18,28H,2,6H2,1H3/t28-/m1/s1. The topological polar surface area (TPSA) is 33.4 Å². The molecule has 1 atom stereocenters. The van der Waals surface area contributed by atoms with E-state index in [1.807, 2.05) is 70.4 Å². The number of hydrogen-bond donors (Lipinski definition) is 0. The number of aliphatic imine (C=N–C) groups is 1. The molecule has 0 amide bonds. The first-order valence-corrected chi connectivity index (χ1v) is 13.3. The zero-order valence-electron chi connectivity index (χ0n) is 20.1. The molecular weight excluding hydrogens is 523 g/mol. The Kier molecular flexibility index (Phi) is 6.41. The lowest BCUT2D eigenvalue weighted by molar-refractivity contribution is 0.462. The van der Waals surface area contributed by atoms with Crippen LogP contribution < -0.4 is 0 Å². The maximum atomic E-state index is 6.71. The first-order valence-electron chi connectivity index (χ1n) is 12.2. The lowest BCUT2D eigenvalue weighted by atomic mass is 9.92. The number of rotatable bonds is 5. The normalized spacial score (nSPS) is 16.5. The van der Waals surface area contributed by atoms with E-state index in [0.717, 1.165) is 46.7 Å². The van der Waals surface area contributed by atoms with Gasteiger partial charge in [-0.2, -0.15) is 5.10 Å². The van der Waals surface area contributed by atoms with Crippen LogP contribution in [0.1, 0.15) is 36.1 Å². The van der Waals surface area contributed by atoms with Gasteiger partial charge in [0.05, 0.1) is 27.4 Å². The molecule has 0 saturated heterocycles. The van der Waals surface area contributed by atoms with Crippen LogP contribution in [0.2, 0.25) is 5.02 Å². The first kappa shape index (κ1) is 24.1. The first-order chi connectivity index (χ1) is 18.0. The summed E-state index contributed by atoms with van der Waals surface area (Å²) < 4.78 is 1.90. The fourth-order valence-electron chi connectivity index (χ4n) is 4.92. The van der Waals surface area contributed by atoms with E-state index in [4.69, 9.17) is 44.9 Å². The molecule has 3 aromatic carbocycles. The Morgan fingerprint density at radius 2 is 1.59 bits per heavy atom. The van der Waals surface area contributed by atoms with Gasteiger partial charge >= 0.3 is 0 Å². The number of halogens is 3.